The second-order valence-corrected chi connectivity index (χ2v) is 6.05. The van der Waals surface area contributed by atoms with Crippen molar-refractivity contribution in [2.75, 3.05) is 26.7 Å². The molecule has 0 fully saturated rings. The fourth-order valence-corrected chi connectivity index (χ4v) is 2.71. The molecule has 0 radical (unpaired) electrons. The van der Waals surface area contributed by atoms with E-state index in [1.165, 1.54) is 0 Å². The van der Waals surface area contributed by atoms with Crippen LogP contribution in [-0.2, 0) is 12.8 Å². The number of para-hydroxylation sites is 1. The quantitative estimate of drug-likeness (QED) is 0.292. The van der Waals surface area contributed by atoms with Crippen molar-refractivity contribution in [2.45, 2.75) is 25.9 Å². The highest BCUT2D eigenvalue weighted by Gasteiger charge is 2.06. The molecule has 1 unspecified atom stereocenters. The van der Waals surface area contributed by atoms with Crippen molar-refractivity contribution in [3.05, 3.63) is 65.7 Å². The zero-order valence-electron chi connectivity index (χ0n) is 16.0. The van der Waals surface area contributed by atoms with E-state index in [9.17, 15) is 5.11 Å². The number of benzene rings is 2. The van der Waals surface area contributed by atoms with E-state index in [0.29, 0.717) is 13.0 Å². The first-order chi connectivity index (χ1) is 12.7. The Morgan fingerprint density at radius 2 is 1.78 bits per heavy atom. The minimum absolute atomic E-state index is 0. The molecule has 2 rings (SSSR count). The van der Waals surface area contributed by atoms with Crippen LogP contribution in [0.15, 0.2) is 59.6 Å². The topological polar surface area (TPSA) is 65.9 Å². The van der Waals surface area contributed by atoms with Crippen LogP contribution in [0.3, 0.4) is 0 Å². The Hall–Kier alpha value is -1.80. The Morgan fingerprint density at radius 3 is 2.48 bits per heavy atom. The first-order valence-electron chi connectivity index (χ1n) is 9.09. The van der Waals surface area contributed by atoms with Crippen LogP contribution in [0.4, 0.5) is 0 Å². The Morgan fingerprint density at radius 1 is 1.07 bits per heavy atom. The van der Waals surface area contributed by atoms with Crippen LogP contribution in [-0.4, -0.2) is 43.9 Å². The van der Waals surface area contributed by atoms with Gasteiger partial charge in [0.2, 0.25) is 0 Å². The van der Waals surface area contributed by atoms with E-state index in [0.717, 1.165) is 42.3 Å². The fourth-order valence-electron chi connectivity index (χ4n) is 2.71. The lowest BCUT2D eigenvalue weighted by Crippen LogP contribution is -2.39. The number of aliphatic imine (C=N–C) groups is 1. The van der Waals surface area contributed by atoms with Gasteiger partial charge in [-0.25, -0.2) is 0 Å². The third kappa shape index (κ3) is 8.62. The van der Waals surface area contributed by atoms with E-state index in [2.05, 4.69) is 21.7 Å². The van der Waals surface area contributed by atoms with Gasteiger partial charge < -0.3 is 20.5 Å². The van der Waals surface area contributed by atoms with Gasteiger partial charge in [0.15, 0.2) is 5.96 Å². The van der Waals surface area contributed by atoms with Gasteiger partial charge in [0.25, 0.3) is 0 Å². The third-order valence-electron chi connectivity index (χ3n) is 4.00. The molecule has 0 heterocycles. The number of aliphatic hydroxyl groups excluding tert-OH is 1. The molecule has 6 heteroatoms. The van der Waals surface area contributed by atoms with Gasteiger partial charge >= 0.3 is 0 Å². The van der Waals surface area contributed by atoms with Gasteiger partial charge in [0.05, 0.1) is 19.8 Å². The lowest BCUT2D eigenvalue weighted by atomic mass is 10.1. The second kappa shape index (κ2) is 13.4. The first-order valence-corrected chi connectivity index (χ1v) is 9.09. The molecule has 27 heavy (non-hydrogen) atoms. The summed E-state index contributed by atoms with van der Waals surface area (Å²) in [7, 11) is 1.69. The summed E-state index contributed by atoms with van der Waals surface area (Å²) in [6, 6.07) is 18.0. The number of hydrogen-bond donors (Lipinski definition) is 3. The second-order valence-electron chi connectivity index (χ2n) is 6.05. The number of aliphatic hydroxyl groups is 1. The van der Waals surface area contributed by atoms with Gasteiger partial charge in [-0.3, -0.25) is 4.99 Å². The lowest BCUT2D eigenvalue weighted by molar-refractivity contribution is 0.183. The van der Waals surface area contributed by atoms with Crippen LogP contribution in [0.2, 0.25) is 0 Å². The molecule has 1 atom stereocenters. The Bertz CT molecular complexity index is 680. The van der Waals surface area contributed by atoms with Gasteiger partial charge in [0, 0.05) is 19.5 Å². The van der Waals surface area contributed by atoms with E-state index < -0.39 is 6.10 Å². The summed E-state index contributed by atoms with van der Waals surface area (Å²) < 4.78 is 5.38. The van der Waals surface area contributed by atoms with E-state index >= 15 is 0 Å². The number of nitrogens with one attached hydrogen (secondary N) is 2. The van der Waals surface area contributed by atoms with Crippen molar-refractivity contribution < 1.29 is 9.84 Å². The molecule has 3 N–H and O–H groups in total. The zero-order chi connectivity index (χ0) is 18.6. The van der Waals surface area contributed by atoms with Crippen molar-refractivity contribution in [1.82, 2.24) is 10.6 Å². The Kier molecular flexibility index (Phi) is 11.5. The number of hydrogen-bond acceptors (Lipinski definition) is 3. The standard InChI is InChI=1S/C21H29N3O2.HI/c1-3-22-21(23-14-13-18-11-7-8-12-20(18)26-2)24-16-19(25)15-17-9-5-4-6-10-17;/h4-12,19,25H,3,13-16H2,1-2H3,(H2,22,23,24);1H. The smallest absolute Gasteiger partial charge is 0.191 e. The van der Waals surface area contributed by atoms with Crippen LogP contribution >= 0.6 is 24.0 Å². The average Bonchev–Trinajstić information content (AvgIpc) is 2.67. The normalized spacial score (nSPS) is 12.0. The molecule has 148 valence electrons. The highest BCUT2D eigenvalue weighted by Crippen LogP contribution is 2.17. The predicted octanol–water partition coefficient (Wildman–Crippen LogP) is 3.01. The molecule has 0 saturated carbocycles. The van der Waals surface area contributed by atoms with Crippen LogP contribution < -0.4 is 15.4 Å². The number of guanidine groups is 1. The van der Waals surface area contributed by atoms with Gasteiger partial charge in [-0.1, -0.05) is 48.5 Å². The Labute approximate surface area is 179 Å². The van der Waals surface area contributed by atoms with Crippen molar-refractivity contribution in [1.29, 1.82) is 0 Å². The molecular formula is C21H30IN3O2. The SMILES string of the molecule is CCNC(=NCC(O)Cc1ccccc1)NCCc1ccccc1OC.I. The van der Waals surface area contributed by atoms with Gasteiger partial charge in [0.1, 0.15) is 5.75 Å². The molecule has 2 aromatic carbocycles. The van der Waals surface area contributed by atoms with Crippen molar-refractivity contribution in [2.24, 2.45) is 4.99 Å². The number of rotatable bonds is 9. The number of nitrogens with zero attached hydrogens (tertiary/aromatic N) is 1. The molecule has 0 aliphatic carbocycles. The summed E-state index contributed by atoms with van der Waals surface area (Å²) in [4.78, 5) is 4.50. The summed E-state index contributed by atoms with van der Waals surface area (Å²) in [6.07, 6.45) is 0.938. The molecule has 0 saturated heterocycles. The minimum atomic E-state index is -0.498. The summed E-state index contributed by atoms with van der Waals surface area (Å²) >= 11 is 0. The van der Waals surface area contributed by atoms with Crippen molar-refractivity contribution in [3.63, 3.8) is 0 Å². The molecule has 2 aromatic rings. The molecule has 0 aromatic heterocycles. The summed E-state index contributed by atoms with van der Waals surface area (Å²) in [5.41, 5.74) is 2.27. The summed E-state index contributed by atoms with van der Waals surface area (Å²) in [5.74, 6) is 1.61. The molecule has 0 bridgehead atoms. The lowest BCUT2D eigenvalue weighted by Gasteiger charge is -2.14. The summed E-state index contributed by atoms with van der Waals surface area (Å²) in [6.45, 7) is 3.90. The van der Waals surface area contributed by atoms with Crippen LogP contribution in [0, 0.1) is 0 Å². The highest BCUT2D eigenvalue weighted by atomic mass is 127. The molecule has 0 aliphatic heterocycles. The third-order valence-corrected chi connectivity index (χ3v) is 4.00. The van der Waals surface area contributed by atoms with Gasteiger partial charge in [-0.15, -0.1) is 24.0 Å². The maximum atomic E-state index is 10.2. The molecule has 5 nitrogen and oxygen atoms in total. The molecular weight excluding hydrogens is 453 g/mol. The van der Waals surface area contributed by atoms with Gasteiger partial charge in [-0.05, 0) is 30.5 Å². The van der Waals surface area contributed by atoms with E-state index in [-0.39, 0.29) is 24.0 Å². The van der Waals surface area contributed by atoms with Crippen molar-refractivity contribution in [3.8, 4) is 5.75 Å². The first kappa shape index (κ1) is 23.2. The Balaban J connectivity index is 0.00000364. The number of ether oxygens (including phenoxy) is 1. The van der Waals surface area contributed by atoms with E-state index in [4.69, 9.17) is 4.74 Å². The predicted molar refractivity (Wildman–Crippen MR) is 122 cm³/mol. The zero-order valence-corrected chi connectivity index (χ0v) is 18.4. The van der Waals surface area contributed by atoms with Crippen LogP contribution in [0.25, 0.3) is 0 Å². The van der Waals surface area contributed by atoms with Crippen LogP contribution in [0.1, 0.15) is 18.1 Å². The fraction of sp³-hybridized carbons (Fsp3) is 0.381. The highest BCUT2D eigenvalue weighted by molar-refractivity contribution is 14.0. The summed E-state index contributed by atoms with van der Waals surface area (Å²) in [5, 5.41) is 16.7. The number of halogens is 1. The van der Waals surface area contributed by atoms with E-state index in [1.54, 1.807) is 7.11 Å². The largest absolute Gasteiger partial charge is 0.496 e. The maximum absolute atomic E-state index is 10.2. The average molecular weight is 483 g/mol. The van der Waals surface area contributed by atoms with E-state index in [1.807, 2.05) is 55.5 Å². The molecule has 0 spiro atoms. The monoisotopic (exact) mass is 483 g/mol. The molecule has 0 aliphatic rings. The van der Waals surface area contributed by atoms with Crippen LogP contribution in [0.5, 0.6) is 5.75 Å². The van der Waals surface area contributed by atoms with Gasteiger partial charge in [-0.2, -0.15) is 0 Å². The number of methoxy groups -OCH3 is 1. The molecule has 0 amide bonds. The van der Waals surface area contributed by atoms with Crippen molar-refractivity contribution >= 4 is 29.9 Å². The maximum Gasteiger partial charge on any atom is 0.191 e. The minimum Gasteiger partial charge on any atom is -0.496 e.